The average molecular weight is 563 g/mol. The molecular formula is C30H29F3N6O2. The quantitative estimate of drug-likeness (QED) is 0.259. The van der Waals surface area contributed by atoms with Crippen LogP contribution in [0.2, 0.25) is 0 Å². The monoisotopic (exact) mass is 562 g/mol. The van der Waals surface area contributed by atoms with Gasteiger partial charge < -0.3 is 20.3 Å². The molecule has 41 heavy (non-hydrogen) atoms. The molecule has 0 spiro atoms. The van der Waals surface area contributed by atoms with Gasteiger partial charge in [0.05, 0.1) is 11.3 Å². The van der Waals surface area contributed by atoms with Crippen LogP contribution in [0.3, 0.4) is 0 Å². The van der Waals surface area contributed by atoms with Crippen LogP contribution in [0.4, 0.5) is 30.4 Å². The molecule has 1 saturated heterocycles. The molecule has 0 aliphatic carbocycles. The molecule has 5 rings (SSSR count). The van der Waals surface area contributed by atoms with E-state index in [1.54, 1.807) is 42.7 Å². The van der Waals surface area contributed by atoms with Gasteiger partial charge in [0, 0.05) is 47.0 Å². The van der Waals surface area contributed by atoms with Crippen molar-refractivity contribution in [2.75, 3.05) is 30.8 Å². The Balaban J connectivity index is 1.37. The van der Waals surface area contributed by atoms with Crippen LogP contribution in [-0.4, -0.2) is 52.0 Å². The van der Waals surface area contributed by atoms with E-state index in [-0.39, 0.29) is 29.6 Å². The van der Waals surface area contributed by atoms with Crippen molar-refractivity contribution in [3.63, 3.8) is 0 Å². The molecule has 2 aromatic heterocycles. The number of alkyl halides is 3. The summed E-state index contributed by atoms with van der Waals surface area (Å²) in [5.74, 6) is 0.0134. The van der Waals surface area contributed by atoms with Crippen molar-refractivity contribution >= 4 is 23.1 Å². The van der Waals surface area contributed by atoms with Crippen molar-refractivity contribution in [3.05, 3.63) is 90.0 Å². The molecule has 1 amide bonds. The molecule has 0 radical (unpaired) electrons. The number of anilines is 3. The van der Waals surface area contributed by atoms with Gasteiger partial charge in [0.15, 0.2) is 0 Å². The lowest BCUT2D eigenvalue weighted by Crippen LogP contribution is -2.30. The van der Waals surface area contributed by atoms with Gasteiger partial charge in [0.2, 0.25) is 0 Å². The largest absolute Gasteiger partial charge is 0.492 e. The van der Waals surface area contributed by atoms with E-state index in [2.05, 4.69) is 30.5 Å². The molecule has 2 aromatic carbocycles. The first kappa shape index (κ1) is 28.0. The number of likely N-dealkylation sites (N-methyl/N-ethyl adjacent to an activating group) is 1. The third-order valence-corrected chi connectivity index (χ3v) is 7.02. The van der Waals surface area contributed by atoms with Crippen LogP contribution >= 0.6 is 0 Å². The Hall–Kier alpha value is -4.51. The lowest BCUT2D eigenvalue weighted by Gasteiger charge is -2.20. The van der Waals surface area contributed by atoms with E-state index in [1.165, 1.54) is 12.4 Å². The highest BCUT2D eigenvalue weighted by Gasteiger charge is 2.32. The van der Waals surface area contributed by atoms with Gasteiger partial charge in [-0.25, -0.2) is 15.0 Å². The van der Waals surface area contributed by atoms with E-state index < -0.39 is 17.6 Å². The first-order valence-corrected chi connectivity index (χ1v) is 13.1. The number of nitrogens with one attached hydrogen (secondary N) is 2. The number of hydrogen-bond acceptors (Lipinski definition) is 7. The smallest absolute Gasteiger partial charge is 0.416 e. The highest BCUT2D eigenvalue weighted by Crippen LogP contribution is 2.35. The van der Waals surface area contributed by atoms with Crippen molar-refractivity contribution in [3.8, 4) is 17.0 Å². The second kappa shape index (κ2) is 11.9. The van der Waals surface area contributed by atoms with E-state index in [1.807, 2.05) is 20.0 Å². The molecule has 1 aliphatic heterocycles. The first-order chi connectivity index (χ1) is 19.7. The zero-order chi connectivity index (χ0) is 29.0. The minimum atomic E-state index is -4.60. The van der Waals surface area contributed by atoms with Gasteiger partial charge in [0.25, 0.3) is 5.91 Å². The van der Waals surface area contributed by atoms with Gasteiger partial charge in [0.1, 0.15) is 24.5 Å². The predicted octanol–water partition coefficient (Wildman–Crippen LogP) is 6.33. The molecule has 1 fully saturated rings. The summed E-state index contributed by atoms with van der Waals surface area (Å²) in [5.41, 5.74) is 2.21. The van der Waals surface area contributed by atoms with Crippen molar-refractivity contribution in [1.29, 1.82) is 0 Å². The normalized spacial score (nSPS) is 15.5. The molecule has 3 heterocycles. The number of ether oxygens (including phenoxy) is 1. The minimum absolute atomic E-state index is 0.00883. The number of hydrogen-bond donors (Lipinski definition) is 2. The molecule has 212 valence electrons. The second-order valence-electron chi connectivity index (χ2n) is 9.93. The van der Waals surface area contributed by atoms with Crippen molar-refractivity contribution in [2.24, 2.45) is 0 Å². The van der Waals surface area contributed by atoms with Gasteiger partial charge in [-0.05, 0) is 81.4 Å². The summed E-state index contributed by atoms with van der Waals surface area (Å²) in [5, 5.41) is 5.87. The molecule has 8 nitrogen and oxygen atoms in total. The average Bonchev–Trinajstić information content (AvgIpc) is 3.37. The molecule has 1 aliphatic rings. The van der Waals surface area contributed by atoms with Crippen LogP contribution < -0.4 is 15.4 Å². The summed E-state index contributed by atoms with van der Waals surface area (Å²) in [6, 6.07) is 13.8. The highest BCUT2D eigenvalue weighted by atomic mass is 19.4. The summed E-state index contributed by atoms with van der Waals surface area (Å²) in [6.45, 7) is 3.06. The standard InChI is InChI=1S/C30H29F3N6O2/c1-19-7-8-20(13-27(19)38-28-25(6-3-10-35-28)26-9-11-34-18-36-26)29(40)37-22-14-21(30(31,32)33)15-24(16-22)41-17-23-5-4-12-39(23)2/h3,6-11,13-16,18,23H,4-5,12,17H2,1-2H3,(H,35,38)(H,37,40). The van der Waals surface area contributed by atoms with E-state index in [9.17, 15) is 18.0 Å². The molecule has 0 bridgehead atoms. The molecule has 1 unspecified atom stereocenters. The van der Waals surface area contributed by atoms with Crippen molar-refractivity contribution in [1.82, 2.24) is 19.9 Å². The van der Waals surface area contributed by atoms with Crippen molar-refractivity contribution < 1.29 is 22.7 Å². The van der Waals surface area contributed by atoms with Crippen LogP contribution in [-0.2, 0) is 6.18 Å². The van der Waals surface area contributed by atoms with Crippen LogP contribution in [0.15, 0.2) is 73.3 Å². The predicted molar refractivity (Wildman–Crippen MR) is 150 cm³/mol. The van der Waals surface area contributed by atoms with E-state index in [0.29, 0.717) is 17.2 Å². The summed E-state index contributed by atoms with van der Waals surface area (Å²) < 4.78 is 46.8. The topological polar surface area (TPSA) is 92.3 Å². The first-order valence-electron chi connectivity index (χ1n) is 13.1. The lowest BCUT2D eigenvalue weighted by atomic mass is 10.1. The number of amides is 1. The van der Waals surface area contributed by atoms with Crippen LogP contribution in [0.5, 0.6) is 5.75 Å². The Morgan fingerprint density at radius 1 is 1.10 bits per heavy atom. The number of likely N-dealkylation sites (tertiary alicyclic amines) is 1. The fraction of sp³-hybridized carbons (Fsp3) is 0.267. The number of carbonyl (C=O) groups excluding carboxylic acids is 1. The Morgan fingerprint density at radius 3 is 2.68 bits per heavy atom. The SMILES string of the molecule is Cc1ccc(C(=O)Nc2cc(OCC3CCCN3C)cc(C(F)(F)F)c2)cc1Nc1ncccc1-c1ccncn1. The maximum absolute atomic E-state index is 13.7. The van der Waals surface area contributed by atoms with E-state index >= 15 is 0 Å². The number of rotatable bonds is 8. The number of nitrogens with zero attached hydrogens (tertiary/aromatic N) is 4. The van der Waals surface area contributed by atoms with E-state index in [0.717, 1.165) is 42.6 Å². The minimum Gasteiger partial charge on any atom is -0.492 e. The summed E-state index contributed by atoms with van der Waals surface area (Å²) in [7, 11) is 1.97. The van der Waals surface area contributed by atoms with Gasteiger partial charge in [-0.15, -0.1) is 0 Å². The van der Waals surface area contributed by atoms with Gasteiger partial charge in [-0.1, -0.05) is 6.07 Å². The Bertz CT molecular complexity index is 1530. The molecule has 2 N–H and O–H groups in total. The summed E-state index contributed by atoms with van der Waals surface area (Å²) in [4.78, 5) is 28.0. The Morgan fingerprint density at radius 2 is 1.95 bits per heavy atom. The number of benzene rings is 2. The third-order valence-electron chi connectivity index (χ3n) is 7.02. The summed E-state index contributed by atoms with van der Waals surface area (Å²) >= 11 is 0. The molecule has 11 heteroatoms. The zero-order valence-corrected chi connectivity index (χ0v) is 22.6. The zero-order valence-electron chi connectivity index (χ0n) is 22.6. The number of aromatic nitrogens is 3. The maximum atomic E-state index is 13.7. The van der Waals surface area contributed by atoms with Crippen LogP contribution in [0.25, 0.3) is 11.3 Å². The number of aryl methyl sites for hydroxylation is 1. The van der Waals surface area contributed by atoms with Crippen LogP contribution in [0.1, 0.15) is 34.3 Å². The van der Waals surface area contributed by atoms with Crippen molar-refractivity contribution in [2.45, 2.75) is 32.0 Å². The Labute approximate surface area is 235 Å². The highest BCUT2D eigenvalue weighted by molar-refractivity contribution is 6.05. The van der Waals surface area contributed by atoms with Gasteiger partial charge >= 0.3 is 6.18 Å². The maximum Gasteiger partial charge on any atom is 0.416 e. The second-order valence-corrected chi connectivity index (χ2v) is 9.93. The lowest BCUT2D eigenvalue weighted by molar-refractivity contribution is -0.137. The van der Waals surface area contributed by atoms with Gasteiger partial charge in [-0.2, -0.15) is 13.2 Å². The molecule has 1 atom stereocenters. The Kier molecular flexibility index (Phi) is 8.16. The number of halogens is 3. The number of carbonyl (C=O) groups is 1. The molecule has 4 aromatic rings. The number of pyridine rings is 1. The van der Waals surface area contributed by atoms with Crippen LogP contribution in [0, 0.1) is 6.92 Å². The van der Waals surface area contributed by atoms with Gasteiger partial charge in [-0.3, -0.25) is 4.79 Å². The summed E-state index contributed by atoms with van der Waals surface area (Å²) in [6.07, 6.45) is 2.05. The third kappa shape index (κ3) is 6.80. The fourth-order valence-electron chi connectivity index (χ4n) is 4.69. The molecular weight excluding hydrogens is 533 g/mol. The van der Waals surface area contributed by atoms with E-state index in [4.69, 9.17) is 4.74 Å². The molecule has 0 saturated carbocycles. The fourth-order valence-corrected chi connectivity index (χ4v) is 4.69.